The molecule has 4 aliphatic heterocycles. The number of carbonyl (C=O) groups is 3. The largest absolute Gasteiger partial charge is 0.465 e. The molecular formula is C33H45N3O6S. The maximum atomic E-state index is 14.8. The number of fused-ring (bicyclic) bond motifs is 1. The van der Waals surface area contributed by atoms with Crippen LogP contribution in [0.5, 0.6) is 0 Å². The second-order valence-corrected chi connectivity index (χ2v) is 13.6. The number of esters is 1. The Labute approximate surface area is 259 Å². The predicted molar refractivity (Wildman–Crippen MR) is 166 cm³/mol. The average molecular weight is 612 g/mol. The number of ether oxygens (including phenoxy) is 2. The Bertz CT molecular complexity index is 1180. The van der Waals surface area contributed by atoms with E-state index in [9.17, 15) is 19.5 Å². The number of nitrogens with zero attached hydrogens (tertiary/aromatic N) is 3. The molecule has 4 aliphatic rings. The first kappa shape index (κ1) is 31.8. The molecule has 0 saturated carbocycles. The molecule has 1 aromatic carbocycles. The molecule has 5 rings (SSSR count). The van der Waals surface area contributed by atoms with E-state index in [0.717, 1.165) is 25.1 Å². The van der Waals surface area contributed by atoms with E-state index in [2.05, 4.69) is 25.0 Å². The minimum Gasteiger partial charge on any atom is -0.465 e. The van der Waals surface area contributed by atoms with Gasteiger partial charge in [0.25, 0.3) is 0 Å². The topological polar surface area (TPSA) is 99.6 Å². The SMILES string of the molecule is C=CCCOC(=O)[C@@H]1[C@H]2C(=O)N([C@@H](CO)Cc3ccccc3)C(C(=O)N(CC=C)CCN3CCOCC3)C23S[C@@H]1CC3C. The molecule has 9 nitrogen and oxygen atoms in total. The summed E-state index contributed by atoms with van der Waals surface area (Å²) in [5.41, 5.74) is 0.968. The summed E-state index contributed by atoms with van der Waals surface area (Å²) in [4.78, 5) is 48.7. The van der Waals surface area contributed by atoms with Crippen LogP contribution in [0.1, 0.15) is 25.3 Å². The standard InChI is InChI=1S/C33H45N3O6S/c1-4-6-17-42-32(40)27-26-20-23(3)33(43-26)28(27)30(38)36(25(22-37)21-24-10-8-7-9-11-24)29(33)31(39)35(12-5-2)14-13-34-15-18-41-19-16-34/h4-5,7-11,23,25-29,37H,1-2,6,12-22H2,3H3/t23?,25-,26-,27+,28+,29?,33?/m1/s1. The summed E-state index contributed by atoms with van der Waals surface area (Å²) in [6, 6.07) is 8.29. The van der Waals surface area contributed by atoms with Gasteiger partial charge in [0.1, 0.15) is 6.04 Å². The molecule has 0 aliphatic carbocycles. The van der Waals surface area contributed by atoms with Crippen molar-refractivity contribution in [2.75, 3.05) is 59.2 Å². The van der Waals surface area contributed by atoms with E-state index in [1.807, 2.05) is 30.3 Å². The first-order valence-electron chi connectivity index (χ1n) is 15.5. The summed E-state index contributed by atoms with van der Waals surface area (Å²) < 4.78 is 10.4. The summed E-state index contributed by atoms with van der Waals surface area (Å²) in [6.45, 7) is 14.1. The molecule has 234 valence electrons. The molecule has 0 aromatic heterocycles. The van der Waals surface area contributed by atoms with Crippen LogP contribution in [0.25, 0.3) is 0 Å². The number of aliphatic hydroxyl groups excluding tert-OH is 1. The molecule has 2 bridgehead atoms. The van der Waals surface area contributed by atoms with Gasteiger partial charge in [-0.2, -0.15) is 0 Å². The molecule has 10 heteroatoms. The Hall–Kier alpha value is -2.66. The fourth-order valence-corrected chi connectivity index (χ4v) is 9.97. The Balaban J connectivity index is 1.51. The number of morpholine rings is 1. The second-order valence-electron chi connectivity index (χ2n) is 12.1. The number of amides is 2. The molecule has 3 unspecified atom stereocenters. The van der Waals surface area contributed by atoms with Crippen molar-refractivity contribution in [2.24, 2.45) is 17.8 Å². The minimum atomic E-state index is -0.813. The highest BCUT2D eigenvalue weighted by Crippen LogP contribution is 2.69. The summed E-state index contributed by atoms with van der Waals surface area (Å²) >= 11 is 1.63. The Morgan fingerprint density at radius 3 is 2.65 bits per heavy atom. The highest BCUT2D eigenvalue weighted by molar-refractivity contribution is 8.02. The van der Waals surface area contributed by atoms with Crippen LogP contribution >= 0.6 is 11.8 Å². The van der Waals surface area contributed by atoms with Gasteiger partial charge in [0.05, 0.1) is 49.1 Å². The van der Waals surface area contributed by atoms with Crippen LogP contribution in [0.2, 0.25) is 0 Å². The fraction of sp³-hybridized carbons (Fsp3) is 0.606. The zero-order valence-electron chi connectivity index (χ0n) is 25.1. The van der Waals surface area contributed by atoms with Gasteiger partial charge in [-0.05, 0) is 30.7 Å². The summed E-state index contributed by atoms with van der Waals surface area (Å²) in [5.74, 6) is -2.04. The number of aliphatic hydroxyl groups is 1. The van der Waals surface area contributed by atoms with E-state index in [1.165, 1.54) is 0 Å². The molecule has 4 saturated heterocycles. The molecule has 43 heavy (non-hydrogen) atoms. The van der Waals surface area contributed by atoms with Crippen molar-refractivity contribution in [3.8, 4) is 0 Å². The number of hydrogen-bond donors (Lipinski definition) is 1. The van der Waals surface area contributed by atoms with E-state index in [4.69, 9.17) is 9.47 Å². The van der Waals surface area contributed by atoms with Gasteiger partial charge in [-0.25, -0.2) is 0 Å². The Morgan fingerprint density at radius 1 is 1.23 bits per heavy atom. The van der Waals surface area contributed by atoms with Gasteiger partial charge in [-0.3, -0.25) is 19.3 Å². The third kappa shape index (κ3) is 6.03. The van der Waals surface area contributed by atoms with Crippen molar-refractivity contribution in [3.05, 3.63) is 61.2 Å². The maximum Gasteiger partial charge on any atom is 0.310 e. The molecule has 2 amide bonds. The number of hydrogen-bond acceptors (Lipinski definition) is 8. The van der Waals surface area contributed by atoms with Crippen molar-refractivity contribution in [1.82, 2.24) is 14.7 Å². The fourth-order valence-electron chi connectivity index (χ4n) is 7.58. The number of thioether (sulfide) groups is 1. The maximum absolute atomic E-state index is 14.8. The molecule has 4 fully saturated rings. The van der Waals surface area contributed by atoms with Gasteiger partial charge in [-0.1, -0.05) is 49.4 Å². The van der Waals surface area contributed by atoms with E-state index >= 15 is 0 Å². The quantitative estimate of drug-likeness (QED) is 0.195. The highest BCUT2D eigenvalue weighted by Gasteiger charge is 2.77. The molecule has 0 radical (unpaired) electrons. The molecule has 7 atom stereocenters. The third-order valence-corrected chi connectivity index (χ3v) is 11.7. The molecular weight excluding hydrogens is 566 g/mol. The van der Waals surface area contributed by atoms with Gasteiger partial charge >= 0.3 is 5.97 Å². The van der Waals surface area contributed by atoms with Gasteiger partial charge in [0.15, 0.2) is 0 Å². The van der Waals surface area contributed by atoms with E-state index < -0.39 is 28.7 Å². The van der Waals surface area contributed by atoms with Gasteiger partial charge in [0, 0.05) is 38.0 Å². The second kappa shape index (κ2) is 14.0. The third-order valence-electron chi connectivity index (χ3n) is 9.63. The lowest BCUT2D eigenvalue weighted by Crippen LogP contribution is -2.60. The number of likely N-dealkylation sites (tertiary alicyclic amines) is 1. The Kier molecular flexibility index (Phi) is 10.3. The number of carbonyl (C=O) groups excluding carboxylic acids is 3. The molecule has 1 aromatic rings. The van der Waals surface area contributed by atoms with Crippen LogP contribution in [0, 0.1) is 17.8 Å². The van der Waals surface area contributed by atoms with Crippen LogP contribution in [-0.4, -0.2) is 119 Å². The van der Waals surface area contributed by atoms with Gasteiger partial charge in [-0.15, -0.1) is 24.9 Å². The zero-order chi connectivity index (χ0) is 30.6. The van der Waals surface area contributed by atoms with Crippen molar-refractivity contribution >= 4 is 29.5 Å². The van der Waals surface area contributed by atoms with Crippen LogP contribution < -0.4 is 0 Å². The number of benzene rings is 1. The van der Waals surface area contributed by atoms with E-state index in [-0.39, 0.29) is 42.2 Å². The normalized spacial score (nSPS) is 30.6. The lowest BCUT2D eigenvalue weighted by Gasteiger charge is -2.42. The monoisotopic (exact) mass is 611 g/mol. The first-order chi connectivity index (χ1) is 20.9. The van der Waals surface area contributed by atoms with Gasteiger partial charge < -0.3 is 24.4 Å². The van der Waals surface area contributed by atoms with Crippen LogP contribution in [0.4, 0.5) is 0 Å². The van der Waals surface area contributed by atoms with Crippen LogP contribution in [-0.2, 0) is 30.3 Å². The lowest BCUT2D eigenvalue weighted by atomic mass is 9.66. The lowest BCUT2D eigenvalue weighted by molar-refractivity contribution is -0.154. The van der Waals surface area contributed by atoms with Crippen LogP contribution in [0.15, 0.2) is 55.6 Å². The summed E-state index contributed by atoms with van der Waals surface area (Å²) in [6.07, 6.45) is 5.09. The highest BCUT2D eigenvalue weighted by atomic mass is 32.2. The smallest absolute Gasteiger partial charge is 0.310 e. The summed E-state index contributed by atoms with van der Waals surface area (Å²) in [5, 5.41) is 10.6. The van der Waals surface area contributed by atoms with E-state index in [0.29, 0.717) is 45.7 Å². The van der Waals surface area contributed by atoms with Gasteiger partial charge in [0.2, 0.25) is 11.8 Å². The van der Waals surface area contributed by atoms with Crippen molar-refractivity contribution in [3.63, 3.8) is 0 Å². The summed E-state index contributed by atoms with van der Waals surface area (Å²) in [7, 11) is 0. The van der Waals surface area contributed by atoms with Crippen LogP contribution in [0.3, 0.4) is 0 Å². The molecule has 1 spiro atoms. The molecule has 1 N–H and O–H groups in total. The molecule has 4 heterocycles. The van der Waals surface area contributed by atoms with Crippen molar-refractivity contribution < 1.29 is 29.0 Å². The van der Waals surface area contributed by atoms with Crippen molar-refractivity contribution in [1.29, 1.82) is 0 Å². The predicted octanol–water partition coefficient (Wildman–Crippen LogP) is 2.39. The van der Waals surface area contributed by atoms with Crippen molar-refractivity contribution in [2.45, 2.75) is 48.3 Å². The zero-order valence-corrected chi connectivity index (χ0v) is 26.0. The Morgan fingerprint density at radius 2 is 1.98 bits per heavy atom. The average Bonchev–Trinajstić information content (AvgIpc) is 3.62. The number of rotatable bonds is 14. The van der Waals surface area contributed by atoms with E-state index in [1.54, 1.807) is 33.7 Å². The minimum absolute atomic E-state index is 0.0218. The first-order valence-corrected chi connectivity index (χ1v) is 16.4.